The molecule has 0 aliphatic carbocycles. The van der Waals surface area contributed by atoms with Crippen LogP contribution in [0.2, 0.25) is 10.0 Å². The second-order valence-electron chi connectivity index (χ2n) is 3.69. The lowest BCUT2D eigenvalue weighted by atomic mass is 10.2. The maximum absolute atomic E-state index is 5.96. The fraction of sp³-hybridized carbons (Fsp3) is 0.250. The van der Waals surface area contributed by atoms with Gasteiger partial charge in [-0.3, -0.25) is 0 Å². The van der Waals surface area contributed by atoms with Crippen LogP contribution in [0.25, 0.3) is 0 Å². The van der Waals surface area contributed by atoms with Crippen LogP contribution in [0.3, 0.4) is 0 Å². The first-order valence-corrected chi connectivity index (χ1v) is 7.61. The molecule has 0 saturated carbocycles. The van der Waals surface area contributed by atoms with Crippen molar-refractivity contribution >= 4 is 41.2 Å². The van der Waals surface area contributed by atoms with E-state index in [9.17, 15) is 0 Å². The van der Waals surface area contributed by atoms with Crippen LogP contribution in [0.1, 0.15) is 18.3 Å². The molecule has 7 heteroatoms. The quantitative estimate of drug-likeness (QED) is 0.637. The van der Waals surface area contributed by atoms with Crippen molar-refractivity contribution in [1.82, 2.24) is 14.9 Å². The van der Waals surface area contributed by atoms with Gasteiger partial charge in [-0.1, -0.05) is 48.0 Å². The molecule has 2 rings (SSSR count). The number of rotatable bonds is 4. The third-order valence-corrected chi connectivity index (χ3v) is 3.80. The summed E-state index contributed by atoms with van der Waals surface area (Å²) in [5, 5.41) is 14.3. The summed E-state index contributed by atoms with van der Waals surface area (Å²) in [6.45, 7) is 2.01. The van der Waals surface area contributed by atoms with Gasteiger partial charge in [0.05, 0.1) is 16.3 Å². The first-order chi connectivity index (χ1) is 9.15. The highest BCUT2D eigenvalue weighted by atomic mass is 35.5. The van der Waals surface area contributed by atoms with E-state index in [1.807, 2.05) is 19.2 Å². The average molecular weight is 315 g/mol. The minimum atomic E-state index is 0.509. The third kappa shape index (κ3) is 3.29. The van der Waals surface area contributed by atoms with Crippen LogP contribution in [0.5, 0.6) is 0 Å². The highest BCUT2D eigenvalue weighted by Crippen LogP contribution is 2.22. The number of hydrogen-bond donors (Lipinski definition) is 0. The normalized spacial score (nSPS) is 11.4. The lowest BCUT2D eigenvalue weighted by Gasteiger charge is -2.01. The molecule has 0 unspecified atom stereocenters. The molecule has 0 radical (unpaired) electrons. The van der Waals surface area contributed by atoms with Crippen molar-refractivity contribution in [3.63, 3.8) is 0 Å². The Labute approximate surface area is 125 Å². The molecule has 19 heavy (non-hydrogen) atoms. The molecule has 0 saturated heterocycles. The topological polar surface area (TPSA) is 43.1 Å². The summed E-state index contributed by atoms with van der Waals surface area (Å²) in [7, 11) is 0. The molecule has 0 aliphatic heterocycles. The lowest BCUT2D eigenvalue weighted by molar-refractivity contribution is 0.723. The van der Waals surface area contributed by atoms with Crippen molar-refractivity contribution in [3.05, 3.63) is 39.6 Å². The maximum atomic E-state index is 5.96. The van der Waals surface area contributed by atoms with Crippen LogP contribution in [-0.2, 0) is 6.42 Å². The van der Waals surface area contributed by atoms with Crippen LogP contribution in [0.15, 0.2) is 28.5 Å². The van der Waals surface area contributed by atoms with Gasteiger partial charge in [-0.25, -0.2) is 0 Å². The number of halogens is 2. The number of thioether (sulfide) groups is 1. The standard InChI is InChI=1S/C12H12Cl2N4S/c1-3-11-16-17-12(19-2)18(11)15-7-8-4-5-9(13)10(14)6-8/h4-7H,3H2,1-2H3/b15-7-. The summed E-state index contributed by atoms with van der Waals surface area (Å²) in [6.07, 6.45) is 4.42. The Balaban J connectivity index is 2.31. The summed E-state index contributed by atoms with van der Waals surface area (Å²) in [4.78, 5) is 0. The Morgan fingerprint density at radius 2 is 2.11 bits per heavy atom. The van der Waals surface area contributed by atoms with E-state index in [4.69, 9.17) is 23.2 Å². The molecule has 1 aromatic heterocycles. The maximum Gasteiger partial charge on any atom is 0.211 e. The SMILES string of the molecule is CCc1nnc(SC)n1/N=C\c1ccc(Cl)c(Cl)c1. The summed E-state index contributed by atoms with van der Waals surface area (Å²) in [6, 6.07) is 5.36. The Hall–Kier alpha value is -1.04. The van der Waals surface area contributed by atoms with E-state index >= 15 is 0 Å². The predicted octanol–water partition coefficient (Wildman–Crippen LogP) is 3.75. The third-order valence-electron chi connectivity index (χ3n) is 2.44. The van der Waals surface area contributed by atoms with Crippen LogP contribution < -0.4 is 0 Å². The van der Waals surface area contributed by atoms with Gasteiger partial charge >= 0.3 is 0 Å². The fourth-order valence-electron chi connectivity index (χ4n) is 1.48. The van der Waals surface area contributed by atoms with Crippen LogP contribution >= 0.6 is 35.0 Å². The molecule has 4 nitrogen and oxygen atoms in total. The molecule has 1 aromatic carbocycles. The molecular weight excluding hydrogens is 303 g/mol. The van der Waals surface area contributed by atoms with E-state index in [1.54, 1.807) is 23.0 Å². The van der Waals surface area contributed by atoms with Crippen LogP contribution in [-0.4, -0.2) is 27.3 Å². The van der Waals surface area contributed by atoms with Gasteiger partial charge in [0.2, 0.25) is 5.16 Å². The second-order valence-corrected chi connectivity index (χ2v) is 5.27. The fourth-order valence-corrected chi connectivity index (χ4v) is 2.23. The second kappa shape index (κ2) is 6.41. The molecule has 0 bridgehead atoms. The molecule has 0 spiro atoms. The summed E-state index contributed by atoms with van der Waals surface area (Å²) in [5.41, 5.74) is 0.872. The first-order valence-electron chi connectivity index (χ1n) is 5.63. The van der Waals surface area contributed by atoms with E-state index in [0.29, 0.717) is 10.0 Å². The molecule has 0 fully saturated rings. The number of nitrogens with zero attached hydrogens (tertiary/aromatic N) is 4. The first kappa shape index (κ1) is 14.4. The molecule has 0 atom stereocenters. The largest absolute Gasteiger partial charge is 0.211 e. The van der Waals surface area contributed by atoms with Gasteiger partial charge in [-0.15, -0.1) is 10.2 Å². The predicted molar refractivity (Wildman–Crippen MR) is 80.6 cm³/mol. The molecule has 2 aromatic rings. The zero-order valence-corrected chi connectivity index (χ0v) is 12.8. The van der Waals surface area contributed by atoms with E-state index < -0.39 is 0 Å². The average Bonchev–Trinajstić information content (AvgIpc) is 2.82. The summed E-state index contributed by atoms with van der Waals surface area (Å²) >= 11 is 13.3. The van der Waals surface area contributed by atoms with Gasteiger partial charge in [0.1, 0.15) is 0 Å². The zero-order chi connectivity index (χ0) is 13.8. The molecule has 100 valence electrons. The molecule has 0 aliphatic rings. The van der Waals surface area contributed by atoms with Crippen molar-refractivity contribution in [1.29, 1.82) is 0 Å². The van der Waals surface area contributed by atoms with Gasteiger partial charge in [0.25, 0.3) is 0 Å². The Bertz CT molecular complexity index is 588. The highest BCUT2D eigenvalue weighted by molar-refractivity contribution is 7.98. The smallest absolute Gasteiger partial charge is 0.192 e. The number of benzene rings is 1. The van der Waals surface area contributed by atoms with Crippen molar-refractivity contribution < 1.29 is 0 Å². The van der Waals surface area contributed by atoms with Crippen LogP contribution in [0.4, 0.5) is 0 Å². The Morgan fingerprint density at radius 1 is 1.32 bits per heavy atom. The van der Waals surface area contributed by atoms with Gasteiger partial charge in [-0.05, 0) is 24.0 Å². The number of hydrogen-bond acceptors (Lipinski definition) is 4. The van der Waals surface area contributed by atoms with Crippen molar-refractivity contribution in [2.75, 3.05) is 6.26 Å². The molecular formula is C12H12Cl2N4S. The van der Waals surface area contributed by atoms with Crippen molar-refractivity contribution in [3.8, 4) is 0 Å². The highest BCUT2D eigenvalue weighted by Gasteiger charge is 2.08. The minimum absolute atomic E-state index is 0.509. The van der Waals surface area contributed by atoms with E-state index in [2.05, 4.69) is 15.3 Å². The molecule has 0 N–H and O–H groups in total. The Morgan fingerprint density at radius 3 is 2.74 bits per heavy atom. The minimum Gasteiger partial charge on any atom is -0.192 e. The zero-order valence-electron chi connectivity index (χ0n) is 10.5. The van der Waals surface area contributed by atoms with E-state index in [-0.39, 0.29) is 0 Å². The van der Waals surface area contributed by atoms with Crippen molar-refractivity contribution in [2.24, 2.45) is 5.10 Å². The molecule has 1 heterocycles. The summed E-state index contributed by atoms with van der Waals surface area (Å²) in [5.74, 6) is 0.820. The van der Waals surface area contributed by atoms with Crippen LogP contribution in [0, 0.1) is 0 Å². The molecule has 0 amide bonds. The van der Waals surface area contributed by atoms with Gasteiger partial charge in [0, 0.05) is 6.42 Å². The van der Waals surface area contributed by atoms with E-state index in [1.165, 1.54) is 11.8 Å². The summed E-state index contributed by atoms with van der Waals surface area (Å²) < 4.78 is 1.73. The number of aryl methyl sites for hydroxylation is 1. The van der Waals surface area contributed by atoms with Gasteiger partial charge in [-0.2, -0.15) is 9.78 Å². The Kier molecular flexibility index (Phi) is 4.85. The lowest BCUT2D eigenvalue weighted by Crippen LogP contribution is -1.98. The monoisotopic (exact) mass is 314 g/mol. The van der Waals surface area contributed by atoms with E-state index in [0.717, 1.165) is 23.0 Å². The van der Waals surface area contributed by atoms with Crippen molar-refractivity contribution in [2.45, 2.75) is 18.5 Å². The van der Waals surface area contributed by atoms with Gasteiger partial charge in [0.15, 0.2) is 5.82 Å². The van der Waals surface area contributed by atoms with Gasteiger partial charge < -0.3 is 0 Å². The number of aromatic nitrogens is 3.